The monoisotopic (exact) mass is 308 g/mol. The van der Waals surface area contributed by atoms with E-state index in [1.54, 1.807) is 0 Å². The first kappa shape index (κ1) is 15.3. The maximum absolute atomic E-state index is 12.6. The first-order valence-electron chi connectivity index (χ1n) is 7.88. The zero-order chi connectivity index (χ0) is 16.1. The van der Waals surface area contributed by atoms with E-state index in [-0.39, 0.29) is 11.7 Å². The number of hydrogen-bond acceptors (Lipinski definition) is 4. The second kappa shape index (κ2) is 7.09. The lowest BCUT2D eigenvalue weighted by Gasteiger charge is -2.22. The number of carbonyl (C=O) groups excluding carboxylic acids is 1. The zero-order valence-electron chi connectivity index (χ0n) is 13.2. The molecule has 0 fully saturated rings. The number of carbonyl (C=O) groups is 1. The fourth-order valence-corrected chi connectivity index (χ4v) is 2.62. The molecule has 1 aliphatic heterocycles. The van der Waals surface area contributed by atoms with Gasteiger partial charge in [0.25, 0.3) is 0 Å². The van der Waals surface area contributed by atoms with Gasteiger partial charge in [-0.15, -0.1) is 0 Å². The normalized spacial score (nSPS) is 17.1. The van der Waals surface area contributed by atoms with Crippen molar-refractivity contribution < 1.29 is 9.53 Å². The van der Waals surface area contributed by atoms with Crippen molar-refractivity contribution in [2.45, 2.75) is 6.92 Å². The number of ether oxygens (including phenoxy) is 1. The summed E-state index contributed by atoms with van der Waals surface area (Å²) in [6.07, 6.45) is 0. The van der Waals surface area contributed by atoms with Crippen LogP contribution in [0.1, 0.15) is 22.8 Å². The highest BCUT2D eigenvalue weighted by atomic mass is 16.5. The molecule has 1 aliphatic rings. The second-order valence-electron chi connectivity index (χ2n) is 5.45. The smallest absolute Gasteiger partial charge is 0.169 e. The summed E-state index contributed by atoms with van der Waals surface area (Å²) < 4.78 is 5.40. The van der Waals surface area contributed by atoms with Crippen LogP contribution in [0, 0.1) is 5.92 Å². The molecule has 0 aliphatic carbocycles. The number of nitrogens with zero attached hydrogens (tertiary/aromatic N) is 1. The van der Waals surface area contributed by atoms with Crippen molar-refractivity contribution in [3.8, 4) is 5.75 Å². The van der Waals surface area contributed by atoms with E-state index in [4.69, 9.17) is 4.74 Å². The highest BCUT2D eigenvalue weighted by Gasteiger charge is 2.23. The first-order chi connectivity index (χ1) is 11.3. The van der Waals surface area contributed by atoms with Crippen molar-refractivity contribution in [1.29, 1.82) is 0 Å². The van der Waals surface area contributed by atoms with Crippen LogP contribution in [0.15, 0.2) is 59.6 Å². The van der Waals surface area contributed by atoms with Crippen LogP contribution in [-0.4, -0.2) is 31.3 Å². The van der Waals surface area contributed by atoms with E-state index < -0.39 is 0 Å². The van der Waals surface area contributed by atoms with Gasteiger partial charge in [-0.25, -0.2) is 0 Å². The van der Waals surface area contributed by atoms with Crippen LogP contribution >= 0.6 is 0 Å². The summed E-state index contributed by atoms with van der Waals surface area (Å²) in [5.41, 5.74) is 1.76. The number of aliphatic imine (C=N–C) groups is 1. The van der Waals surface area contributed by atoms with Crippen molar-refractivity contribution >= 4 is 11.6 Å². The lowest BCUT2D eigenvalue weighted by molar-refractivity contribution is 0.0924. The molecule has 0 saturated carbocycles. The standard InChI is InChI=1S/C19H20N2O2/c1-2-23-17-10-8-14(9-11-17)18(22)16-12-20-19(21-13-16)15-6-4-3-5-7-15/h3-11,16H,2,12-13H2,1H3,(H,20,21). The Hall–Kier alpha value is -2.62. The van der Waals surface area contributed by atoms with Crippen molar-refractivity contribution in [2.24, 2.45) is 10.9 Å². The highest BCUT2D eigenvalue weighted by Crippen LogP contribution is 2.17. The number of benzene rings is 2. The Labute approximate surface area is 136 Å². The SMILES string of the molecule is CCOc1ccc(C(=O)C2CN=C(c3ccccc3)NC2)cc1. The third-order valence-corrected chi connectivity index (χ3v) is 3.85. The minimum Gasteiger partial charge on any atom is -0.494 e. The van der Waals surface area contributed by atoms with Crippen LogP contribution in [0.2, 0.25) is 0 Å². The van der Waals surface area contributed by atoms with E-state index in [9.17, 15) is 4.79 Å². The van der Waals surface area contributed by atoms with Crippen LogP contribution in [0.25, 0.3) is 0 Å². The molecule has 3 rings (SSSR count). The molecule has 1 unspecified atom stereocenters. The van der Waals surface area contributed by atoms with Gasteiger partial charge in [0.15, 0.2) is 5.78 Å². The summed E-state index contributed by atoms with van der Waals surface area (Å²) in [5.74, 6) is 1.65. The molecule has 0 aromatic heterocycles. The molecular weight excluding hydrogens is 288 g/mol. The van der Waals surface area contributed by atoms with Gasteiger partial charge in [-0.3, -0.25) is 9.79 Å². The van der Waals surface area contributed by atoms with Gasteiger partial charge in [-0.2, -0.15) is 0 Å². The molecule has 1 atom stereocenters. The summed E-state index contributed by atoms with van der Waals surface area (Å²) in [4.78, 5) is 17.1. The minimum atomic E-state index is -0.125. The molecule has 4 heteroatoms. The zero-order valence-corrected chi connectivity index (χ0v) is 13.2. The maximum atomic E-state index is 12.6. The summed E-state index contributed by atoms with van der Waals surface area (Å²) in [5, 5.41) is 3.27. The highest BCUT2D eigenvalue weighted by molar-refractivity contribution is 6.02. The number of nitrogens with one attached hydrogen (secondary N) is 1. The van der Waals surface area contributed by atoms with Gasteiger partial charge in [0.2, 0.25) is 0 Å². The molecular formula is C19H20N2O2. The summed E-state index contributed by atoms with van der Waals surface area (Å²) in [6.45, 7) is 3.69. The van der Waals surface area contributed by atoms with Gasteiger partial charge < -0.3 is 10.1 Å². The molecule has 118 valence electrons. The topological polar surface area (TPSA) is 50.7 Å². The Morgan fingerprint density at radius 1 is 1.17 bits per heavy atom. The average molecular weight is 308 g/mol. The summed E-state index contributed by atoms with van der Waals surface area (Å²) in [6, 6.07) is 17.3. The third kappa shape index (κ3) is 3.59. The lowest BCUT2D eigenvalue weighted by Crippen LogP contribution is -2.39. The Bertz CT molecular complexity index is 693. The second-order valence-corrected chi connectivity index (χ2v) is 5.45. The molecule has 0 radical (unpaired) electrons. The van der Waals surface area contributed by atoms with Crippen molar-refractivity contribution in [3.63, 3.8) is 0 Å². The molecule has 4 nitrogen and oxygen atoms in total. The Kier molecular flexibility index (Phi) is 4.71. The van der Waals surface area contributed by atoms with E-state index in [0.717, 1.165) is 17.1 Å². The quantitative estimate of drug-likeness (QED) is 0.864. The van der Waals surface area contributed by atoms with Crippen LogP contribution in [0.5, 0.6) is 5.75 Å². The fourth-order valence-electron chi connectivity index (χ4n) is 2.62. The maximum Gasteiger partial charge on any atom is 0.169 e. The fraction of sp³-hybridized carbons (Fsp3) is 0.263. The van der Waals surface area contributed by atoms with Crippen LogP contribution < -0.4 is 10.1 Å². The summed E-state index contributed by atoms with van der Waals surface area (Å²) >= 11 is 0. The van der Waals surface area contributed by atoms with Gasteiger partial charge in [0, 0.05) is 17.7 Å². The van der Waals surface area contributed by atoms with Crippen molar-refractivity contribution in [2.75, 3.05) is 19.7 Å². The Morgan fingerprint density at radius 3 is 2.52 bits per heavy atom. The first-order valence-corrected chi connectivity index (χ1v) is 7.88. The van der Waals surface area contributed by atoms with Gasteiger partial charge in [-0.1, -0.05) is 30.3 Å². The molecule has 0 amide bonds. The molecule has 2 aromatic carbocycles. The molecule has 0 spiro atoms. The van der Waals surface area contributed by atoms with E-state index >= 15 is 0 Å². The van der Waals surface area contributed by atoms with E-state index in [2.05, 4.69) is 10.3 Å². The van der Waals surface area contributed by atoms with Crippen molar-refractivity contribution in [3.05, 3.63) is 65.7 Å². The average Bonchev–Trinajstić information content (AvgIpc) is 2.63. The number of ketones is 1. The molecule has 23 heavy (non-hydrogen) atoms. The Balaban J connectivity index is 1.67. The molecule has 1 N–H and O–H groups in total. The molecule has 0 saturated heterocycles. The van der Waals surface area contributed by atoms with Gasteiger partial charge >= 0.3 is 0 Å². The van der Waals surface area contributed by atoms with E-state index in [1.165, 1.54) is 0 Å². The molecule has 0 bridgehead atoms. The number of amidine groups is 1. The van der Waals surface area contributed by atoms with Crippen LogP contribution in [0.3, 0.4) is 0 Å². The van der Waals surface area contributed by atoms with Gasteiger partial charge in [-0.05, 0) is 31.2 Å². The number of hydrogen-bond donors (Lipinski definition) is 1. The van der Waals surface area contributed by atoms with Crippen LogP contribution in [0.4, 0.5) is 0 Å². The Morgan fingerprint density at radius 2 is 1.91 bits per heavy atom. The van der Waals surface area contributed by atoms with Crippen molar-refractivity contribution in [1.82, 2.24) is 5.32 Å². The van der Waals surface area contributed by atoms with Gasteiger partial charge in [0.05, 0.1) is 19.1 Å². The predicted molar refractivity (Wildman–Crippen MR) is 91.3 cm³/mol. The van der Waals surface area contributed by atoms with Gasteiger partial charge in [0.1, 0.15) is 11.6 Å². The predicted octanol–water partition coefficient (Wildman–Crippen LogP) is 2.93. The summed E-state index contributed by atoms with van der Waals surface area (Å²) in [7, 11) is 0. The largest absolute Gasteiger partial charge is 0.494 e. The van der Waals surface area contributed by atoms with E-state index in [0.29, 0.717) is 25.3 Å². The molecule has 2 aromatic rings. The number of rotatable bonds is 5. The van der Waals surface area contributed by atoms with Crippen LogP contribution in [-0.2, 0) is 0 Å². The third-order valence-electron chi connectivity index (χ3n) is 3.85. The molecule has 1 heterocycles. The number of Topliss-reactive ketones (excluding diaryl/α,β-unsaturated/α-hetero) is 1. The minimum absolute atomic E-state index is 0.122. The lowest BCUT2D eigenvalue weighted by atomic mass is 9.96. The van der Waals surface area contributed by atoms with E-state index in [1.807, 2.05) is 61.5 Å².